The maximum atomic E-state index is 12.0. The van der Waals surface area contributed by atoms with Gasteiger partial charge >= 0.3 is 12.0 Å². The van der Waals surface area contributed by atoms with Crippen molar-refractivity contribution in [3.63, 3.8) is 0 Å². The van der Waals surface area contributed by atoms with Crippen molar-refractivity contribution in [2.75, 3.05) is 18.8 Å². The second-order valence-corrected chi connectivity index (χ2v) is 7.60. The molecule has 1 heterocycles. The van der Waals surface area contributed by atoms with E-state index in [2.05, 4.69) is 19.2 Å². The highest BCUT2D eigenvalue weighted by Crippen LogP contribution is 2.30. The average molecular weight is 316 g/mol. The van der Waals surface area contributed by atoms with Gasteiger partial charge in [-0.05, 0) is 19.3 Å². The number of rotatable bonds is 5. The number of nitrogens with one attached hydrogen (secondary N) is 1. The standard InChI is InChI=1S/C14H24N2O4S/c1-14(2)7-8-16(9-10-21-14)13(20)15-11(17)5-3-4-6-12(18)19/h3-10H2,1-2H3,(H,18,19)(H,15,17,20). The zero-order valence-electron chi connectivity index (χ0n) is 12.7. The molecule has 6 nitrogen and oxygen atoms in total. The van der Waals surface area contributed by atoms with Gasteiger partial charge in [-0.25, -0.2) is 4.79 Å². The number of aliphatic carboxylic acids is 1. The van der Waals surface area contributed by atoms with Crippen molar-refractivity contribution in [1.29, 1.82) is 0 Å². The number of nitrogens with zero attached hydrogens (tertiary/aromatic N) is 1. The Kier molecular flexibility index (Phi) is 7.01. The Morgan fingerprint density at radius 3 is 2.52 bits per heavy atom. The highest BCUT2D eigenvalue weighted by atomic mass is 32.2. The van der Waals surface area contributed by atoms with Crippen LogP contribution in [0, 0.1) is 0 Å². The van der Waals surface area contributed by atoms with Crippen LogP contribution in [0.2, 0.25) is 0 Å². The first-order valence-corrected chi connectivity index (χ1v) is 8.23. The molecule has 0 spiro atoms. The lowest BCUT2D eigenvalue weighted by Gasteiger charge is -2.22. The van der Waals surface area contributed by atoms with E-state index in [-0.39, 0.29) is 29.5 Å². The molecule has 0 saturated carbocycles. The van der Waals surface area contributed by atoms with Crippen molar-refractivity contribution in [2.24, 2.45) is 0 Å². The van der Waals surface area contributed by atoms with Gasteiger partial charge in [-0.15, -0.1) is 0 Å². The van der Waals surface area contributed by atoms with Crippen LogP contribution in [0.5, 0.6) is 0 Å². The van der Waals surface area contributed by atoms with Crippen molar-refractivity contribution in [1.82, 2.24) is 10.2 Å². The van der Waals surface area contributed by atoms with Crippen LogP contribution in [0.1, 0.15) is 46.0 Å². The molecule has 0 unspecified atom stereocenters. The monoisotopic (exact) mass is 316 g/mol. The first-order chi connectivity index (χ1) is 9.80. The number of carbonyl (C=O) groups is 3. The Morgan fingerprint density at radius 2 is 1.86 bits per heavy atom. The predicted octanol–water partition coefficient (Wildman–Crippen LogP) is 2.09. The molecule has 0 radical (unpaired) electrons. The molecule has 2 N–H and O–H groups in total. The number of carbonyl (C=O) groups excluding carboxylic acids is 2. The van der Waals surface area contributed by atoms with E-state index in [1.165, 1.54) is 0 Å². The average Bonchev–Trinajstić information content (AvgIpc) is 2.55. The number of hydrogen-bond donors (Lipinski definition) is 2. The van der Waals surface area contributed by atoms with Crippen molar-refractivity contribution < 1.29 is 19.5 Å². The molecule has 3 amide bonds. The number of urea groups is 1. The maximum absolute atomic E-state index is 12.0. The lowest BCUT2D eigenvalue weighted by Crippen LogP contribution is -2.44. The van der Waals surface area contributed by atoms with E-state index in [1.54, 1.807) is 4.90 Å². The molecule has 0 bridgehead atoms. The molecule has 1 aliphatic heterocycles. The molecule has 1 rings (SSSR count). The summed E-state index contributed by atoms with van der Waals surface area (Å²) >= 11 is 1.84. The summed E-state index contributed by atoms with van der Waals surface area (Å²) in [6.45, 7) is 5.61. The Balaban J connectivity index is 2.28. The summed E-state index contributed by atoms with van der Waals surface area (Å²) in [5, 5.41) is 10.9. The number of amides is 3. The van der Waals surface area contributed by atoms with Gasteiger partial charge in [0.05, 0.1) is 0 Å². The van der Waals surface area contributed by atoms with Gasteiger partial charge in [0.25, 0.3) is 0 Å². The zero-order chi connectivity index (χ0) is 15.9. The van der Waals surface area contributed by atoms with Gasteiger partial charge in [-0.1, -0.05) is 13.8 Å². The van der Waals surface area contributed by atoms with Crippen molar-refractivity contribution in [2.45, 2.75) is 50.7 Å². The summed E-state index contributed by atoms with van der Waals surface area (Å²) in [6, 6.07) is -0.337. The van der Waals surface area contributed by atoms with Gasteiger partial charge in [-0.2, -0.15) is 11.8 Å². The van der Waals surface area contributed by atoms with Gasteiger partial charge in [0.1, 0.15) is 0 Å². The Hall–Kier alpha value is -1.24. The number of carboxylic acids is 1. The van der Waals surface area contributed by atoms with Crippen molar-refractivity contribution >= 4 is 29.7 Å². The summed E-state index contributed by atoms with van der Waals surface area (Å²) in [6.07, 6.45) is 2.07. The predicted molar refractivity (Wildman–Crippen MR) is 82.4 cm³/mol. The third-order valence-corrected chi connectivity index (χ3v) is 4.79. The molecule has 120 valence electrons. The molecule has 21 heavy (non-hydrogen) atoms. The highest BCUT2D eigenvalue weighted by Gasteiger charge is 2.26. The van der Waals surface area contributed by atoms with Crippen LogP contribution < -0.4 is 5.32 Å². The minimum absolute atomic E-state index is 0.0552. The van der Waals surface area contributed by atoms with Crippen LogP contribution in [0.4, 0.5) is 4.79 Å². The molecule has 0 aliphatic carbocycles. The largest absolute Gasteiger partial charge is 0.481 e. The summed E-state index contributed by atoms with van der Waals surface area (Å²) in [7, 11) is 0. The fraction of sp³-hybridized carbons (Fsp3) is 0.786. The summed E-state index contributed by atoms with van der Waals surface area (Å²) in [5.41, 5.74) is 0. The van der Waals surface area contributed by atoms with Gasteiger partial charge < -0.3 is 10.0 Å². The quantitative estimate of drug-likeness (QED) is 0.758. The van der Waals surface area contributed by atoms with Gasteiger partial charge in [0.2, 0.25) is 5.91 Å². The van der Waals surface area contributed by atoms with E-state index in [0.29, 0.717) is 25.9 Å². The van der Waals surface area contributed by atoms with Gasteiger partial charge in [-0.3, -0.25) is 14.9 Å². The molecule has 1 saturated heterocycles. The third kappa shape index (κ3) is 7.36. The zero-order valence-corrected chi connectivity index (χ0v) is 13.5. The van der Waals surface area contributed by atoms with E-state index in [0.717, 1.165) is 12.2 Å². The number of imide groups is 1. The number of hydrogen-bond acceptors (Lipinski definition) is 4. The van der Waals surface area contributed by atoms with E-state index >= 15 is 0 Å². The normalized spacial score (nSPS) is 17.9. The molecule has 0 atom stereocenters. The fourth-order valence-corrected chi connectivity index (χ4v) is 3.15. The van der Waals surface area contributed by atoms with Crippen LogP contribution >= 0.6 is 11.8 Å². The fourth-order valence-electron chi connectivity index (χ4n) is 2.05. The molecular formula is C14H24N2O4S. The van der Waals surface area contributed by atoms with Gasteiger partial charge in [0.15, 0.2) is 0 Å². The molecule has 0 aromatic carbocycles. The second-order valence-electron chi connectivity index (χ2n) is 5.80. The second kappa shape index (κ2) is 8.26. The van der Waals surface area contributed by atoms with E-state index in [9.17, 15) is 14.4 Å². The molecule has 1 aliphatic rings. The molecule has 0 aromatic rings. The first-order valence-electron chi connectivity index (χ1n) is 7.25. The van der Waals surface area contributed by atoms with Crippen molar-refractivity contribution in [3.8, 4) is 0 Å². The molecule has 0 aromatic heterocycles. The highest BCUT2D eigenvalue weighted by molar-refractivity contribution is 8.00. The summed E-state index contributed by atoms with van der Waals surface area (Å²) < 4.78 is 0.163. The topological polar surface area (TPSA) is 86.7 Å². The Labute approximate surface area is 129 Å². The van der Waals surface area contributed by atoms with Crippen LogP contribution in [0.3, 0.4) is 0 Å². The lowest BCUT2D eigenvalue weighted by molar-refractivity contribution is -0.137. The van der Waals surface area contributed by atoms with E-state index in [4.69, 9.17) is 5.11 Å². The smallest absolute Gasteiger partial charge is 0.324 e. The molecule has 7 heteroatoms. The Bertz CT molecular complexity index is 398. The lowest BCUT2D eigenvalue weighted by atomic mass is 10.1. The number of carboxylic acid groups (broad SMARTS) is 1. The Morgan fingerprint density at radius 1 is 1.19 bits per heavy atom. The summed E-state index contributed by atoms with van der Waals surface area (Å²) in [5.74, 6) is -0.328. The van der Waals surface area contributed by atoms with Crippen LogP contribution in [0.15, 0.2) is 0 Å². The van der Waals surface area contributed by atoms with Crippen LogP contribution in [-0.2, 0) is 9.59 Å². The van der Waals surface area contributed by atoms with E-state index in [1.807, 2.05) is 11.8 Å². The minimum atomic E-state index is -0.865. The first kappa shape index (κ1) is 17.8. The van der Waals surface area contributed by atoms with Crippen molar-refractivity contribution in [3.05, 3.63) is 0 Å². The summed E-state index contributed by atoms with van der Waals surface area (Å²) in [4.78, 5) is 35.7. The molecular weight excluding hydrogens is 292 g/mol. The number of thioether (sulfide) groups is 1. The van der Waals surface area contributed by atoms with Crippen LogP contribution in [0.25, 0.3) is 0 Å². The van der Waals surface area contributed by atoms with E-state index < -0.39 is 5.97 Å². The molecule has 1 fully saturated rings. The van der Waals surface area contributed by atoms with Crippen LogP contribution in [-0.4, -0.2) is 51.5 Å². The minimum Gasteiger partial charge on any atom is -0.481 e. The maximum Gasteiger partial charge on any atom is 0.324 e. The third-order valence-electron chi connectivity index (χ3n) is 3.42. The SMILES string of the molecule is CC1(C)CCN(C(=O)NC(=O)CCCCC(=O)O)CCS1. The number of unbranched alkanes of at least 4 members (excludes halogenated alkanes) is 1. The van der Waals surface area contributed by atoms with Gasteiger partial charge in [0, 0.05) is 36.4 Å².